The lowest BCUT2D eigenvalue weighted by atomic mass is 10.0. The fourth-order valence-corrected chi connectivity index (χ4v) is 1.74. The zero-order chi connectivity index (χ0) is 10.3. The van der Waals surface area contributed by atoms with Gasteiger partial charge in [0, 0.05) is 6.54 Å². The maximum absolute atomic E-state index is 10.9. The standard InChI is InChI=1S/C8H11N3O3/c1-8-5(14-6(9)10-8)3-2-4-11(8)7(12)13/h2-3,5H,4H2,1H3,(H2,9,10)(H,12,13). The van der Waals surface area contributed by atoms with Crippen molar-refractivity contribution in [2.75, 3.05) is 6.54 Å². The smallest absolute Gasteiger partial charge is 0.409 e. The predicted octanol–water partition coefficient (Wildman–Crippen LogP) is -0.0341. The van der Waals surface area contributed by atoms with Gasteiger partial charge < -0.3 is 15.6 Å². The Bertz CT molecular complexity index is 339. The van der Waals surface area contributed by atoms with Crippen LogP contribution in [0.5, 0.6) is 0 Å². The molecule has 1 amide bonds. The number of fused-ring (bicyclic) bond motifs is 1. The SMILES string of the molecule is CC12N=C(N)OC1C=CCN2C(=O)O. The van der Waals surface area contributed by atoms with Crippen LogP contribution in [0.15, 0.2) is 17.1 Å². The highest BCUT2D eigenvalue weighted by Crippen LogP contribution is 2.32. The van der Waals surface area contributed by atoms with Crippen molar-refractivity contribution in [2.24, 2.45) is 10.7 Å². The van der Waals surface area contributed by atoms with Crippen LogP contribution in [-0.4, -0.2) is 40.4 Å². The summed E-state index contributed by atoms with van der Waals surface area (Å²) in [6.07, 6.45) is 2.08. The number of hydrogen-bond acceptors (Lipinski definition) is 4. The molecule has 0 radical (unpaired) electrons. The molecule has 0 saturated heterocycles. The van der Waals surface area contributed by atoms with Crippen LogP contribution in [0.3, 0.4) is 0 Å². The third kappa shape index (κ3) is 1.03. The van der Waals surface area contributed by atoms with E-state index < -0.39 is 17.9 Å². The zero-order valence-corrected chi connectivity index (χ0v) is 7.67. The Labute approximate surface area is 80.7 Å². The van der Waals surface area contributed by atoms with Crippen molar-refractivity contribution in [1.82, 2.24) is 4.90 Å². The molecule has 6 heteroatoms. The maximum atomic E-state index is 10.9. The van der Waals surface area contributed by atoms with E-state index in [2.05, 4.69) is 4.99 Å². The highest BCUT2D eigenvalue weighted by atomic mass is 16.5. The van der Waals surface area contributed by atoms with Crippen molar-refractivity contribution in [3.8, 4) is 0 Å². The second-order valence-electron chi connectivity index (χ2n) is 3.40. The Morgan fingerprint density at radius 2 is 2.64 bits per heavy atom. The van der Waals surface area contributed by atoms with Crippen molar-refractivity contribution in [3.05, 3.63) is 12.2 Å². The summed E-state index contributed by atoms with van der Waals surface area (Å²) >= 11 is 0. The van der Waals surface area contributed by atoms with Crippen molar-refractivity contribution in [3.63, 3.8) is 0 Å². The molecule has 0 aromatic rings. The molecule has 3 N–H and O–H groups in total. The molecule has 0 aromatic carbocycles. The van der Waals surface area contributed by atoms with Crippen molar-refractivity contribution < 1.29 is 14.6 Å². The van der Waals surface area contributed by atoms with Crippen molar-refractivity contribution >= 4 is 12.1 Å². The summed E-state index contributed by atoms with van der Waals surface area (Å²) in [6, 6.07) is 0.0373. The topological polar surface area (TPSA) is 88.2 Å². The van der Waals surface area contributed by atoms with Crippen LogP contribution in [0.25, 0.3) is 0 Å². The second-order valence-corrected chi connectivity index (χ2v) is 3.40. The molecule has 0 bridgehead atoms. The van der Waals surface area contributed by atoms with E-state index in [9.17, 15) is 4.79 Å². The molecule has 0 saturated carbocycles. The van der Waals surface area contributed by atoms with Gasteiger partial charge in [0.05, 0.1) is 0 Å². The average Bonchev–Trinajstić information content (AvgIpc) is 2.37. The van der Waals surface area contributed by atoms with E-state index >= 15 is 0 Å². The molecule has 2 rings (SSSR count). The highest BCUT2D eigenvalue weighted by molar-refractivity contribution is 5.76. The number of nitrogens with two attached hydrogens (primary N) is 1. The molecule has 2 aliphatic rings. The normalized spacial score (nSPS) is 34.8. The molecule has 2 aliphatic heterocycles. The van der Waals surface area contributed by atoms with Gasteiger partial charge >= 0.3 is 6.09 Å². The van der Waals surface area contributed by atoms with E-state index in [0.717, 1.165) is 0 Å². The van der Waals surface area contributed by atoms with Gasteiger partial charge in [-0.15, -0.1) is 0 Å². The van der Waals surface area contributed by atoms with Gasteiger partial charge in [-0.25, -0.2) is 9.79 Å². The molecule has 14 heavy (non-hydrogen) atoms. The fourth-order valence-electron chi connectivity index (χ4n) is 1.74. The Kier molecular flexibility index (Phi) is 1.67. The van der Waals surface area contributed by atoms with Gasteiger partial charge in [-0.1, -0.05) is 6.08 Å². The first-order valence-corrected chi connectivity index (χ1v) is 4.23. The first-order valence-electron chi connectivity index (χ1n) is 4.23. The Balaban J connectivity index is 2.39. The van der Waals surface area contributed by atoms with Crippen LogP contribution < -0.4 is 5.73 Å². The minimum Gasteiger partial charge on any atom is -0.465 e. The quantitative estimate of drug-likeness (QED) is 0.533. The van der Waals surface area contributed by atoms with Crippen LogP contribution in [0.1, 0.15) is 6.92 Å². The third-order valence-corrected chi connectivity index (χ3v) is 2.50. The van der Waals surface area contributed by atoms with Crippen LogP contribution in [0, 0.1) is 0 Å². The number of hydrogen-bond donors (Lipinski definition) is 2. The first-order chi connectivity index (χ1) is 6.54. The lowest BCUT2D eigenvalue weighted by molar-refractivity contribution is 0.0432. The van der Waals surface area contributed by atoms with E-state index in [-0.39, 0.29) is 6.02 Å². The third-order valence-electron chi connectivity index (χ3n) is 2.50. The van der Waals surface area contributed by atoms with E-state index in [4.69, 9.17) is 15.6 Å². The zero-order valence-electron chi connectivity index (χ0n) is 7.67. The van der Waals surface area contributed by atoms with E-state index in [1.807, 2.05) is 0 Å². The lowest BCUT2D eigenvalue weighted by Crippen LogP contribution is -2.55. The average molecular weight is 197 g/mol. The monoisotopic (exact) mass is 197 g/mol. The maximum Gasteiger partial charge on any atom is 0.409 e. The number of amidine groups is 1. The molecule has 6 nitrogen and oxygen atoms in total. The van der Waals surface area contributed by atoms with Crippen LogP contribution >= 0.6 is 0 Å². The largest absolute Gasteiger partial charge is 0.465 e. The molecule has 76 valence electrons. The minimum absolute atomic E-state index is 0.0373. The van der Waals surface area contributed by atoms with Crippen LogP contribution in [0.4, 0.5) is 4.79 Å². The number of nitrogens with zero attached hydrogens (tertiary/aromatic N) is 2. The minimum atomic E-state index is -1.02. The van der Waals surface area contributed by atoms with E-state index in [1.165, 1.54) is 4.90 Å². The number of rotatable bonds is 0. The molecular weight excluding hydrogens is 186 g/mol. The fraction of sp³-hybridized carbons (Fsp3) is 0.500. The predicted molar refractivity (Wildman–Crippen MR) is 48.8 cm³/mol. The number of ether oxygens (including phenoxy) is 1. The first kappa shape index (κ1) is 8.86. The molecule has 0 fully saturated rings. The molecule has 2 heterocycles. The summed E-state index contributed by atoms with van der Waals surface area (Å²) in [5.41, 5.74) is 4.50. The van der Waals surface area contributed by atoms with E-state index in [0.29, 0.717) is 6.54 Å². The second kappa shape index (κ2) is 2.63. The molecule has 2 atom stereocenters. The lowest BCUT2D eigenvalue weighted by Gasteiger charge is -2.37. The van der Waals surface area contributed by atoms with E-state index in [1.54, 1.807) is 19.1 Å². The van der Waals surface area contributed by atoms with Gasteiger partial charge in [0.25, 0.3) is 6.02 Å². The highest BCUT2D eigenvalue weighted by Gasteiger charge is 2.48. The number of amides is 1. The van der Waals surface area contributed by atoms with Crippen LogP contribution in [0.2, 0.25) is 0 Å². The van der Waals surface area contributed by atoms with Crippen LogP contribution in [-0.2, 0) is 4.74 Å². The summed E-state index contributed by atoms with van der Waals surface area (Å²) in [5.74, 6) is 0. The van der Waals surface area contributed by atoms with Crippen molar-refractivity contribution in [1.29, 1.82) is 0 Å². The Hall–Kier alpha value is -1.72. The van der Waals surface area contributed by atoms with Gasteiger partial charge in [0.1, 0.15) is 0 Å². The Morgan fingerprint density at radius 3 is 3.29 bits per heavy atom. The Morgan fingerprint density at radius 1 is 1.93 bits per heavy atom. The molecular formula is C8H11N3O3. The summed E-state index contributed by atoms with van der Waals surface area (Å²) in [6.45, 7) is 2.00. The molecule has 0 aromatic heterocycles. The summed E-state index contributed by atoms with van der Waals surface area (Å²) in [5, 5.41) is 8.96. The van der Waals surface area contributed by atoms with Gasteiger partial charge in [-0.3, -0.25) is 4.90 Å². The molecule has 0 aliphatic carbocycles. The van der Waals surface area contributed by atoms with Gasteiger partial charge in [0.2, 0.25) is 0 Å². The number of aliphatic imine (C=N–C) groups is 1. The molecule has 2 unspecified atom stereocenters. The van der Waals surface area contributed by atoms with Crippen molar-refractivity contribution in [2.45, 2.75) is 18.7 Å². The van der Waals surface area contributed by atoms with Gasteiger partial charge in [-0.2, -0.15) is 0 Å². The number of carboxylic acid groups (broad SMARTS) is 1. The summed E-state index contributed by atoms with van der Waals surface area (Å²) in [4.78, 5) is 16.2. The number of carbonyl (C=O) groups is 1. The summed E-state index contributed by atoms with van der Waals surface area (Å²) in [7, 11) is 0. The molecule has 0 spiro atoms. The van der Waals surface area contributed by atoms with Gasteiger partial charge in [-0.05, 0) is 13.0 Å². The van der Waals surface area contributed by atoms with Gasteiger partial charge in [0.15, 0.2) is 11.8 Å². The summed E-state index contributed by atoms with van der Waals surface area (Å²) < 4.78 is 5.18.